The smallest absolute Gasteiger partial charge is 0.264 e. The average Bonchev–Trinajstić information content (AvgIpc) is 2.77. The molecular formula is C23H23ClN2O4S. The lowest BCUT2D eigenvalue weighted by Crippen LogP contribution is -2.41. The van der Waals surface area contributed by atoms with Gasteiger partial charge in [0.25, 0.3) is 10.0 Å². The Morgan fingerprint density at radius 3 is 2.26 bits per heavy atom. The number of halogens is 1. The van der Waals surface area contributed by atoms with E-state index in [0.717, 1.165) is 9.87 Å². The van der Waals surface area contributed by atoms with Gasteiger partial charge in [0.2, 0.25) is 5.91 Å². The molecule has 3 aromatic carbocycles. The van der Waals surface area contributed by atoms with Gasteiger partial charge in [0.15, 0.2) is 0 Å². The first kappa shape index (κ1) is 22.7. The number of carbonyl (C=O) groups excluding carboxylic acids is 1. The second kappa shape index (κ2) is 10.3. The van der Waals surface area contributed by atoms with Crippen molar-refractivity contribution < 1.29 is 17.9 Å². The highest BCUT2D eigenvalue weighted by atomic mass is 35.5. The van der Waals surface area contributed by atoms with Gasteiger partial charge < -0.3 is 10.1 Å². The summed E-state index contributed by atoms with van der Waals surface area (Å²) in [5.41, 5.74) is 1.52. The number of aryl methyl sites for hydroxylation is 1. The van der Waals surface area contributed by atoms with E-state index < -0.39 is 15.9 Å². The Kier molecular flexibility index (Phi) is 7.55. The van der Waals surface area contributed by atoms with E-state index >= 15 is 0 Å². The summed E-state index contributed by atoms with van der Waals surface area (Å²) in [6.07, 6.45) is 0. The molecule has 0 saturated carbocycles. The summed E-state index contributed by atoms with van der Waals surface area (Å²) in [4.78, 5) is 12.6. The number of rotatable bonds is 9. The van der Waals surface area contributed by atoms with Crippen molar-refractivity contribution in [2.24, 2.45) is 0 Å². The highest BCUT2D eigenvalue weighted by molar-refractivity contribution is 7.92. The summed E-state index contributed by atoms with van der Waals surface area (Å²) < 4.78 is 33.1. The third kappa shape index (κ3) is 6.23. The van der Waals surface area contributed by atoms with Gasteiger partial charge in [-0.1, -0.05) is 47.5 Å². The zero-order valence-electron chi connectivity index (χ0n) is 17.0. The number of nitrogens with one attached hydrogen (secondary N) is 1. The number of benzene rings is 3. The number of amides is 1. The lowest BCUT2D eigenvalue weighted by atomic mass is 10.2. The van der Waals surface area contributed by atoms with Crippen molar-refractivity contribution in [3.8, 4) is 5.75 Å². The molecule has 6 nitrogen and oxygen atoms in total. The maximum atomic E-state index is 13.2. The zero-order chi connectivity index (χ0) is 22.3. The Bertz CT molecular complexity index is 1100. The van der Waals surface area contributed by atoms with Crippen molar-refractivity contribution in [2.75, 3.05) is 24.0 Å². The van der Waals surface area contributed by atoms with Crippen LogP contribution in [0.4, 0.5) is 5.69 Å². The predicted octanol–water partition coefficient (Wildman–Crippen LogP) is 4.04. The molecule has 0 radical (unpaired) electrons. The molecule has 0 atom stereocenters. The molecule has 0 heterocycles. The van der Waals surface area contributed by atoms with E-state index in [4.69, 9.17) is 16.3 Å². The van der Waals surface area contributed by atoms with Crippen LogP contribution in [0.2, 0.25) is 5.02 Å². The van der Waals surface area contributed by atoms with Crippen LogP contribution < -0.4 is 14.4 Å². The second-order valence-corrected chi connectivity index (χ2v) is 9.11. The quantitative estimate of drug-likeness (QED) is 0.491. The fraction of sp³-hybridized carbons (Fsp3) is 0.174. The third-order valence-electron chi connectivity index (χ3n) is 4.45. The van der Waals surface area contributed by atoms with Crippen LogP contribution in [0.5, 0.6) is 5.75 Å². The molecule has 31 heavy (non-hydrogen) atoms. The topological polar surface area (TPSA) is 75.7 Å². The highest BCUT2D eigenvalue weighted by Gasteiger charge is 2.27. The lowest BCUT2D eigenvalue weighted by molar-refractivity contribution is -0.119. The molecule has 0 spiro atoms. The van der Waals surface area contributed by atoms with Gasteiger partial charge in [-0.3, -0.25) is 9.10 Å². The van der Waals surface area contributed by atoms with Crippen molar-refractivity contribution in [1.82, 2.24) is 5.32 Å². The average molecular weight is 459 g/mol. The number of anilines is 1. The molecule has 0 aliphatic carbocycles. The van der Waals surface area contributed by atoms with E-state index in [0.29, 0.717) is 16.5 Å². The highest BCUT2D eigenvalue weighted by Crippen LogP contribution is 2.24. The maximum absolute atomic E-state index is 13.2. The van der Waals surface area contributed by atoms with Gasteiger partial charge in [0.1, 0.15) is 18.9 Å². The van der Waals surface area contributed by atoms with Crippen molar-refractivity contribution in [3.05, 3.63) is 89.4 Å². The van der Waals surface area contributed by atoms with E-state index in [1.807, 2.05) is 31.2 Å². The third-order valence-corrected chi connectivity index (χ3v) is 6.49. The van der Waals surface area contributed by atoms with Crippen LogP contribution >= 0.6 is 11.6 Å². The van der Waals surface area contributed by atoms with Gasteiger partial charge in [0, 0.05) is 5.02 Å². The monoisotopic (exact) mass is 458 g/mol. The number of hydrogen-bond donors (Lipinski definition) is 1. The summed E-state index contributed by atoms with van der Waals surface area (Å²) >= 11 is 5.88. The van der Waals surface area contributed by atoms with Crippen LogP contribution in [0.3, 0.4) is 0 Å². The van der Waals surface area contributed by atoms with Crippen LogP contribution in [0.1, 0.15) is 5.56 Å². The lowest BCUT2D eigenvalue weighted by Gasteiger charge is -2.24. The van der Waals surface area contributed by atoms with E-state index in [2.05, 4.69) is 5.32 Å². The van der Waals surface area contributed by atoms with Crippen molar-refractivity contribution in [1.29, 1.82) is 0 Å². The van der Waals surface area contributed by atoms with Gasteiger partial charge in [-0.25, -0.2) is 8.42 Å². The minimum atomic E-state index is -3.96. The van der Waals surface area contributed by atoms with Gasteiger partial charge >= 0.3 is 0 Å². The molecule has 1 N–H and O–H groups in total. The standard InChI is InChI=1S/C23H23ClN2O4S/c1-18-7-11-21(12-8-18)30-16-15-25-23(27)17-26(20-5-3-2-4-6-20)31(28,29)22-13-9-19(24)10-14-22/h2-14H,15-17H2,1H3,(H,25,27). The van der Waals surface area contributed by atoms with Gasteiger partial charge in [-0.2, -0.15) is 0 Å². The summed E-state index contributed by atoms with van der Waals surface area (Å²) in [5.74, 6) is 0.268. The number of carbonyl (C=O) groups is 1. The molecule has 0 unspecified atom stereocenters. The first-order valence-electron chi connectivity index (χ1n) is 9.66. The van der Waals surface area contributed by atoms with Crippen molar-refractivity contribution in [3.63, 3.8) is 0 Å². The minimum Gasteiger partial charge on any atom is -0.492 e. The Morgan fingerprint density at radius 2 is 1.61 bits per heavy atom. The Morgan fingerprint density at radius 1 is 0.968 bits per heavy atom. The first-order valence-corrected chi connectivity index (χ1v) is 11.5. The maximum Gasteiger partial charge on any atom is 0.264 e. The van der Waals surface area contributed by atoms with Crippen LogP contribution in [0.25, 0.3) is 0 Å². The van der Waals surface area contributed by atoms with Gasteiger partial charge in [-0.05, 0) is 55.5 Å². The molecule has 0 aliphatic rings. The Balaban J connectivity index is 1.66. The molecular weight excluding hydrogens is 436 g/mol. The van der Waals surface area contributed by atoms with Gasteiger partial charge in [-0.15, -0.1) is 0 Å². The summed E-state index contributed by atoms with van der Waals surface area (Å²) in [5, 5.41) is 3.13. The largest absolute Gasteiger partial charge is 0.492 e. The van der Waals surface area contributed by atoms with Gasteiger partial charge in [0.05, 0.1) is 17.1 Å². The Labute approximate surface area is 187 Å². The van der Waals surface area contributed by atoms with E-state index in [-0.39, 0.29) is 24.6 Å². The molecule has 0 aliphatic heterocycles. The van der Waals surface area contributed by atoms with Crippen LogP contribution in [0.15, 0.2) is 83.8 Å². The van der Waals surface area contributed by atoms with E-state index in [1.165, 1.54) is 24.3 Å². The summed E-state index contributed by atoms with van der Waals surface area (Å²) in [6, 6.07) is 21.9. The Hall–Kier alpha value is -3.03. The number of nitrogens with zero attached hydrogens (tertiary/aromatic N) is 1. The molecule has 3 aromatic rings. The summed E-state index contributed by atoms with van der Waals surface area (Å²) in [6.45, 7) is 2.14. The van der Waals surface area contributed by atoms with E-state index in [1.54, 1.807) is 30.3 Å². The van der Waals surface area contributed by atoms with E-state index in [9.17, 15) is 13.2 Å². The predicted molar refractivity (Wildman–Crippen MR) is 122 cm³/mol. The first-order chi connectivity index (χ1) is 14.9. The van der Waals surface area contributed by atoms with Crippen LogP contribution in [-0.2, 0) is 14.8 Å². The van der Waals surface area contributed by atoms with Crippen LogP contribution in [0, 0.1) is 6.92 Å². The number of para-hydroxylation sites is 1. The fourth-order valence-corrected chi connectivity index (χ4v) is 4.37. The van der Waals surface area contributed by atoms with Crippen molar-refractivity contribution >= 4 is 33.2 Å². The molecule has 0 saturated heterocycles. The molecule has 8 heteroatoms. The van der Waals surface area contributed by atoms with Crippen LogP contribution in [-0.4, -0.2) is 34.0 Å². The number of hydrogen-bond acceptors (Lipinski definition) is 4. The summed E-state index contributed by atoms with van der Waals surface area (Å²) in [7, 11) is -3.96. The molecule has 1 amide bonds. The normalized spacial score (nSPS) is 11.0. The molecule has 3 rings (SSSR count). The molecule has 162 valence electrons. The SMILES string of the molecule is Cc1ccc(OCCNC(=O)CN(c2ccccc2)S(=O)(=O)c2ccc(Cl)cc2)cc1. The second-order valence-electron chi connectivity index (χ2n) is 6.81. The molecule has 0 fully saturated rings. The number of ether oxygens (including phenoxy) is 1. The number of sulfonamides is 1. The minimum absolute atomic E-state index is 0.0521. The molecule has 0 bridgehead atoms. The fourth-order valence-electron chi connectivity index (χ4n) is 2.82. The van der Waals surface area contributed by atoms with Crippen molar-refractivity contribution in [2.45, 2.75) is 11.8 Å². The molecule has 0 aromatic heterocycles. The zero-order valence-corrected chi connectivity index (χ0v) is 18.6.